The zero-order valence-electron chi connectivity index (χ0n) is 20.1. The summed E-state index contributed by atoms with van der Waals surface area (Å²) in [5.41, 5.74) is 5.29. The number of rotatable bonds is 5. The monoisotopic (exact) mass is 462 g/mol. The molecule has 2 aromatic carbocycles. The molecule has 4 nitrogen and oxygen atoms in total. The van der Waals surface area contributed by atoms with Crippen LogP contribution in [0, 0.1) is 13.8 Å². The summed E-state index contributed by atoms with van der Waals surface area (Å²) in [7, 11) is 0. The first kappa shape index (κ1) is 23.6. The highest BCUT2D eigenvalue weighted by Crippen LogP contribution is 2.43. The molecule has 4 rings (SSSR count). The number of nitrogens with zero attached hydrogens (tertiary/aromatic N) is 1. The second kappa shape index (κ2) is 10.2. The van der Waals surface area contributed by atoms with E-state index in [-0.39, 0.29) is 17.9 Å². The summed E-state index contributed by atoms with van der Waals surface area (Å²) < 4.78 is 0. The molecule has 2 atom stereocenters. The van der Waals surface area contributed by atoms with E-state index in [2.05, 4.69) is 42.3 Å². The molecule has 5 heteroatoms. The first-order chi connectivity index (χ1) is 15.8. The minimum Gasteiger partial charge on any atom is -0.350 e. The molecule has 2 fully saturated rings. The number of carbonyl (C=O) groups is 2. The first-order valence-electron chi connectivity index (χ1n) is 12.0. The van der Waals surface area contributed by atoms with Crippen molar-refractivity contribution >= 4 is 29.7 Å². The van der Waals surface area contributed by atoms with E-state index in [0.29, 0.717) is 23.4 Å². The second-order valence-corrected chi connectivity index (χ2v) is 10.9. The number of fused-ring (bicyclic) bond motifs is 1. The highest BCUT2D eigenvalue weighted by molar-refractivity contribution is 8.04. The van der Waals surface area contributed by atoms with Crippen LogP contribution in [0.3, 0.4) is 0 Å². The van der Waals surface area contributed by atoms with E-state index in [4.69, 9.17) is 0 Å². The second-order valence-electron chi connectivity index (χ2n) is 9.63. The van der Waals surface area contributed by atoms with Crippen molar-refractivity contribution in [3.8, 4) is 0 Å². The molecule has 1 saturated heterocycles. The van der Waals surface area contributed by atoms with Crippen LogP contribution in [0.5, 0.6) is 0 Å². The largest absolute Gasteiger partial charge is 0.350 e. The molecule has 33 heavy (non-hydrogen) atoms. The SMILES string of the molecule is Cc1ccc(C)c(CN2C(=O)/C(=C/c3ccc(C(=O)NC(C)C)cc3)SC3CCCCC32)c1. The van der Waals surface area contributed by atoms with Gasteiger partial charge >= 0.3 is 0 Å². The fourth-order valence-electron chi connectivity index (χ4n) is 4.74. The van der Waals surface area contributed by atoms with Gasteiger partial charge in [-0.2, -0.15) is 0 Å². The van der Waals surface area contributed by atoms with Gasteiger partial charge in [-0.15, -0.1) is 11.8 Å². The standard InChI is InChI=1S/C28H34N2O2S/c1-18(2)29-27(31)22-13-11-21(12-14-22)16-26-28(32)30(24-7-5-6-8-25(24)33-26)17-23-15-19(3)9-10-20(23)4/h9-16,18,24-25H,5-8,17H2,1-4H3,(H,29,31)/b26-16-. The topological polar surface area (TPSA) is 49.4 Å². The summed E-state index contributed by atoms with van der Waals surface area (Å²) in [6.45, 7) is 8.80. The van der Waals surface area contributed by atoms with E-state index in [1.807, 2.05) is 44.2 Å². The average molecular weight is 463 g/mol. The molecule has 174 valence electrons. The van der Waals surface area contributed by atoms with Crippen molar-refractivity contribution in [3.63, 3.8) is 0 Å². The summed E-state index contributed by atoms with van der Waals surface area (Å²) in [5, 5.41) is 3.36. The Morgan fingerprint density at radius 1 is 1.12 bits per heavy atom. The van der Waals surface area contributed by atoms with Crippen LogP contribution in [0.4, 0.5) is 0 Å². The van der Waals surface area contributed by atoms with E-state index >= 15 is 0 Å². The van der Waals surface area contributed by atoms with Crippen molar-refractivity contribution in [3.05, 3.63) is 75.2 Å². The summed E-state index contributed by atoms with van der Waals surface area (Å²) >= 11 is 1.75. The van der Waals surface area contributed by atoms with Gasteiger partial charge in [-0.1, -0.05) is 48.7 Å². The first-order valence-corrected chi connectivity index (χ1v) is 12.9. The average Bonchev–Trinajstić information content (AvgIpc) is 2.79. The molecule has 0 aromatic heterocycles. The van der Waals surface area contributed by atoms with Gasteiger partial charge in [-0.25, -0.2) is 0 Å². The van der Waals surface area contributed by atoms with Crippen LogP contribution in [0.2, 0.25) is 0 Å². The molecule has 2 amide bonds. The smallest absolute Gasteiger partial charge is 0.260 e. The maximum Gasteiger partial charge on any atom is 0.260 e. The van der Waals surface area contributed by atoms with Crippen molar-refractivity contribution in [2.45, 2.75) is 77.3 Å². The number of amides is 2. The van der Waals surface area contributed by atoms with Crippen molar-refractivity contribution in [2.24, 2.45) is 0 Å². The van der Waals surface area contributed by atoms with E-state index < -0.39 is 0 Å². The molecule has 2 unspecified atom stereocenters. The molecule has 0 radical (unpaired) electrons. The van der Waals surface area contributed by atoms with Gasteiger partial charge in [-0.3, -0.25) is 9.59 Å². The Morgan fingerprint density at radius 2 is 1.85 bits per heavy atom. The van der Waals surface area contributed by atoms with Gasteiger partial charge in [0, 0.05) is 29.4 Å². The number of hydrogen-bond donors (Lipinski definition) is 1. The number of nitrogens with one attached hydrogen (secondary N) is 1. The molecule has 1 heterocycles. The molecular formula is C28H34N2O2S. The highest BCUT2D eigenvalue weighted by Gasteiger charge is 2.40. The van der Waals surface area contributed by atoms with E-state index in [0.717, 1.165) is 23.3 Å². The summed E-state index contributed by atoms with van der Waals surface area (Å²) in [6.07, 6.45) is 6.65. The van der Waals surface area contributed by atoms with E-state index in [1.54, 1.807) is 11.8 Å². The molecular weight excluding hydrogens is 428 g/mol. The minimum absolute atomic E-state index is 0.0722. The Labute approximate surface area is 201 Å². The number of benzene rings is 2. The summed E-state index contributed by atoms with van der Waals surface area (Å²) in [4.78, 5) is 28.8. The molecule has 1 aliphatic carbocycles. The minimum atomic E-state index is -0.0722. The number of aryl methyl sites for hydroxylation is 2. The summed E-state index contributed by atoms with van der Waals surface area (Å²) in [6, 6.07) is 14.4. The lowest BCUT2D eigenvalue weighted by atomic mass is 9.92. The Kier molecular flexibility index (Phi) is 7.28. The maximum absolute atomic E-state index is 13.7. The fraction of sp³-hybridized carbons (Fsp3) is 0.429. The van der Waals surface area contributed by atoms with Crippen LogP contribution in [-0.4, -0.2) is 34.0 Å². The van der Waals surface area contributed by atoms with Gasteiger partial charge in [0.1, 0.15) is 0 Å². The predicted octanol–water partition coefficient (Wildman–Crippen LogP) is 5.87. The number of thioether (sulfide) groups is 1. The third-order valence-electron chi connectivity index (χ3n) is 6.55. The lowest BCUT2D eigenvalue weighted by Crippen LogP contribution is -2.50. The zero-order valence-corrected chi connectivity index (χ0v) is 20.9. The van der Waals surface area contributed by atoms with Gasteiger partial charge in [-0.05, 0) is 75.4 Å². The van der Waals surface area contributed by atoms with Crippen molar-refractivity contribution in [1.82, 2.24) is 10.2 Å². The molecule has 2 aromatic rings. The number of carbonyl (C=O) groups excluding carboxylic acids is 2. The van der Waals surface area contributed by atoms with Gasteiger partial charge in [0.25, 0.3) is 11.8 Å². The van der Waals surface area contributed by atoms with Gasteiger partial charge in [0.05, 0.1) is 4.91 Å². The quantitative estimate of drug-likeness (QED) is 0.566. The third kappa shape index (κ3) is 5.52. The van der Waals surface area contributed by atoms with Crippen LogP contribution >= 0.6 is 11.8 Å². The highest BCUT2D eigenvalue weighted by atomic mass is 32.2. The van der Waals surface area contributed by atoms with Crippen LogP contribution < -0.4 is 5.32 Å². The zero-order chi connectivity index (χ0) is 23.5. The molecule has 0 spiro atoms. The number of hydrogen-bond acceptors (Lipinski definition) is 3. The predicted molar refractivity (Wildman–Crippen MR) is 137 cm³/mol. The Bertz CT molecular complexity index is 1060. The Hall–Kier alpha value is -2.53. The normalized spacial score (nSPS) is 21.9. The van der Waals surface area contributed by atoms with Crippen LogP contribution in [-0.2, 0) is 11.3 Å². The van der Waals surface area contributed by atoms with Gasteiger partial charge in [0.15, 0.2) is 0 Å². The fourth-order valence-corrected chi connectivity index (χ4v) is 6.22. The van der Waals surface area contributed by atoms with Crippen LogP contribution in [0.1, 0.15) is 72.1 Å². The molecule has 1 N–H and O–H groups in total. The Balaban J connectivity index is 1.59. The maximum atomic E-state index is 13.7. The summed E-state index contributed by atoms with van der Waals surface area (Å²) in [5.74, 6) is 0.0581. The third-order valence-corrected chi connectivity index (χ3v) is 7.95. The van der Waals surface area contributed by atoms with Crippen molar-refractivity contribution in [1.29, 1.82) is 0 Å². The lowest BCUT2D eigenvalue weighted by Gasteiger charge is -2.44. The van der Waals surface area contributed by atoms with Crippen LogP contribution in [0.25, 0.3) is 6.08 Å². The van der Waals surface area contributed by atoms with Gasteiger partial charge < -0.3 is 10.2 Å². The van der Waals surface area contributed by atoms with E-state index in [9.17, 15) is 9.59 Å². The Morgan fingerprint density at radius 3 is 2.58 bits per heavy atom. The van der Waals surface area contributed by atoms with Crippen molar-refractivity contribution in [2.75, 3.05) is 0 Å². The molecule has 1 aliphatic heterocycles. The van der Waals surface area contributed by atoms with Crippen LogP contribution in [0.15, 0.2) is 47.4 Å². The molecule has 2 aliphatic rings. The molecule has 0 bridgehead atoms. The molecule has 1 saturated carbocycles. The van der Waals surface area contributed by atoms with E-state index in [1.165, 1.54) is 29.5 Å². The van der Waals surface area contributed by atoms with Crippen molar-refractivity contribution < 1.29 is 9.59 Å². The van der Waals surface area contributed by atoms with Gasteiger partial charge in [0.2, 0.25) is 0 Å². The lowest BCUT2D eigenvalue weighted by molar-refractivity contribution is -0.130.